The lowest BCUT2D eigenvalue weighted by atomic mass is 9.90. The van der Waals surface area contributed by atoms with Crippen molar-refractivity contribution in [1.29, 1.82) is 0 Å². The fourth-order valence-electron chi connectivity index (χ4n) is 11.9. The summed E-state index contributed by atoms with van der Waals surface area (Å²) < 4.78 is 6.34. The summed E-state index contributed by atoms with van der Waals surface area (Å²) in [5, 5.41) is 0. The summed E-state index contributed by atoms with van der Waals surface area (Å²) in [5.74, 6) is 0.879. The van der Waals surface area contributed by atoms with Crippen LogP contribution in [-0.2, 0) is 6.42 Å². The van der Waals surface area contributed by atoms with Gasteiger partial charge in [0.2, 0.25) is 0 Å². The van der Waals surface area contributed by atoms with Gasteiger partial charge in [0.05, 0.1) is 6.61 Å². The molecule has 89 heavy (non-hydrogen) atoms. The highest BCUT2D eigenvalue weighted by atomic mass is 16.5. The number of pyridine rings is 4. The van der Waals surface area contributed by atoms with Crippen LogP contribution in [-0.4, -0.2) is 26.5 Å². The second kappa shape index (κ2) is 26.1. The number of hydrogen-bond acceptors (Lipinski definition) is 5. The van der Waals surface area contributed by atoms with Crippen molar-refractivity contribution >= 4 is 0 Å². The molecule has 0 bridgehead atoms. The zero-order chi connectivity index (χ0) is 59.6. The third kappa shape index (κ3) is 13.1. The second-order valence-corrected chi connectivity index (χ2v) is 22.6. The number of aromatic nitrogens is 4. The highest BCUT2D eigenvalue weighted by Crippen LogP contribution is 2.40. The van der Waals surface area contributed by atoms with Crippen LogP contribution in [0.5, 0.6) is 5.75 Å². The fourth-order valence-corrected chi connectivity index (χ4v) is 11.9. The van der Waals surface area contributed by atoms with E-state index in [0.29, 0.717) is 6.61 Å². The van der Waals surface area contributed by atoms with Crippen LogP contribution in [0.2, 0.25) is 0 Å². The SMILES string of the molecule is c1cncc(-c2cccc(-c3cc(-c4cccc(-c5ccc(CCCCOc6ccc(-c7cccc(-c8cc(-c9cccc(-c%10cccnc%10)c9)cc(-c9cccc(-c%10cccnc%10)c9)c8)c7)cc6)cc5)c4)cc(-c4cccc(-c5cccnc5)c4)c3)c2)c1. The van der Waals surface area contributed by atoms with Gasteiger partial charge >= 0.3 is 0 Å². The Labute approximate surface area is 521 Å². The molecule has 0 aliphatic rings. The van der Waals surface area contributed by atoms with E-state index in [1.54, 1.807) is 0 Å². The van der Waals surface area contributed by atoms with Crippen LogP contribution in [0.25, 0.3) is 134 Å². The quantitative estimate of drug-likeness (QED) is 0.0801. The molecule has 0 spiro atoms. The van der Waals surface area contributed by atoms with Crippen LogP contribution in [0.3, 0.4) is 0 Å². The van der Waals surface area contributed by atoms with E-state index in [2.05, 4.69) is 275 Å². The van der Waals surface area contributed by atoms with Crippen molar-refractivity contribution in [1.82, 2.24) is 19.9 Å². The topological polar surface area (TPSA) is 60.8 Å². The van der Waals surface area contributed by atoms with Gasteiger partial charge in [0.1, 0.15) is 5.75 Å². The van der Waals surface area contributed by atoms with Gasteiger partial charge < -0.3 is 4.74 Å². The van der Waals surface area contributed by atoms with Crippen LogP contribution in [0.1, 0.15) is 18.4 Å². The van der Waals surface area contributed by atoms with Crippen LogP contribution in [0.15, 0.2) is 329 Å². The molecule has 4 aromatic heterocycles. The molecular weight excluding hydrogens is 1080 g/mol. The van der Waals surface area contributed by atoms with Gasteiger partial charge in [-0.05, 0) is 245 Å². The van der Waals surface area contributed by atoms with Crippen molar-refractivity contribution in [3.05, 3.63) is 334 Å². The Kier molecular flexibility index (Phi) is 16.2. The Morgan fingerprint density at radius 1 is 0.202 bits per heavy atom. The van der Waals surface area contributed by atoms with Crippen molar-refractivity contribution in [2.75, 3.05) is 6.61 Å². The smallest absolute Gasteiger partial charge is 0.119 e. The van der Waals surface area contributed by atoms with E-state index in [-0.39, 0.29) is 0 Å². The molecule has 0 radical (unpaired) electrons. The zero-order valence-electron chi connectivity index (χ0n) is 49.2. The lowest BCUT2D eigenvalue weighted by Crippen LogP contribution is -1.98. The summed E-state index contributed by atoms with van der Waals surface area (Å²) in [6.45, 7) is 0.656. The Bertz CT molecular complexity index is 4220. The first-order valence-electron chi connectivity index (χ1n) is 30.4. The van der Waals surface area contributed by atoms with Gasteiger partial charge in [-0.25, -0.2) is 0 Å². The number of nitrogens with zero attached hydrogens (tertiary/aromatic N) is 4. The van der Waals surface area contributed by atoms with Crippen LogP contribution < -0.4 is 4.74 Å². The molecule has 14 rings (SSSR count). The monoisotopic (exact) mass is 1140 g/mol. The van der Waals surface area contributed by atoms with E-state index in [9.17, 15) is 0 Å². The first-order valence-corrected chi connectivity index (χ1v) is 30.4. The fraction of sp³-hybridized carbons (Fsp3) is 0.0476. The summed E-state index contributed by atoms with van der Waals surface area (Å²) in [7, 11) is 0. The van der Waals surface area contributed by atoms with E-state index in [0.717, 1.165) is 147 Å². The van der Waals surface area contributed by atoms with Crippen molar-refractivity contribution in [3.8, 4) is 139 Å². The normalized spacial score (nSPS) is 11.1. The van der Waals surface area contributed by atoms with E-state index < -0.39 is 0 Å². The molecule has 5 heteroatoms. The third-order valence-electron chi connectivity index (χ3n) is 16.6. The molecule has 0 saturated heterocycles. The Morgan fingerprint density at radius 3 is 0.708 bits per heavy atom. The van der Waals surface area contributed by atoms with E-state index in [1.807, 2.05) is 73.8 Å². The van der Waals surface area contributed by atoms with Crippen LogP contribution >= 0.6 is 0 Å². The minimum absolute atomic E-state index is 0.656. The summed E-state index contributed by atoms with van der Waals surface area (Å²) >= 11 is 0. The first kappa shape index (κ1) is 55.5. The minimum atomic E-state index is 0.656. The molecule has 0 unspecified atom stereocenters. The number of aryl methyl sites for hydroxylation is 1. The number of hydrogen-bond donors (Lipinski definition) is 0. The summed E-state index contributed by atoms with van der Waals surface area (Å²) in [6, 6.07) is 101. The molecule has 0 saturated carbocycles. The van der Waals surface area contributed by atoms with Crippen LogP contribution in [0.4, 0.5) is 0 Å². The second-order valence-electron chi connectivity index (χ2n) is 22.6. The zero-order valence-corrected chi connectivity index (χ0v) is 49.2. The predicted molar refractivity (Wildman–Crippen MR) is 368 cm³/mol. The van der Waals surface area contributed by atoms with Gasteiger partial charge in [0.25, 0.3) is 0 Å². The van der Waals surface area contributed by atoms with Crippen molar-refractivity contribution in [2.24, 2.45) is 0 Å². The lowest BCUT2D eigenvalue weighted by Gasteiger charge is -2.14. The van der Waals surface area contributed by atoms with Crippen molar-refractivity contribution in [3.63, 3.8) is 0 Å². The van der Waals surface area contributed by atoms with Gasteiger partial charge in [-0.1, -0.05) is 170 Å². The van der Waals surface area contributed by atoms with Gasteiger partial charge in [-0.3, -0.25) is 19.9 Å². The maximum Gasteiger partial charge on any atom is 0.119 e. The molecule has 0 N–H and O–H groups in total. The van der Waals surface area contributed by atoms with Crippen molar-refractivity contribution in [2.45, 2.75) is 19.3 Å². The predicted octanol–water partition coefficient (Wildman–Crippen LogP) is 21.7. The standard InChI is InChI=1S/C84H62N4O/c1(13-59-30-32-60(33-31-59)62-14-3-20-68(43-62)78-49-80(70-22-5-16-64(45-70)74-26-9-38-85-55-74)53-81(50-78)71-23-6-17-65(46-71)75-27-10-39-86-56-75)2-42-89-84-36-34-61(35-37-84)63-15-4-21-69(44-63)79-51-82(72-24-7-18-66(47-72)76-28-11-40-87-57-76)54-83(52-79)73-25-8-19-67(48-73)77-29-12-41-88-58-77/h3-12,14-41,43-58H,1-2,13,42H2. The van der Waals surface area contributed by atoms with Gasteiger partial charge in [0, 0.05) is 71.8 Å². The Hall–Kier alpha value is -11.4. The van der Waals surface area contributed by atoms with Crippen LogP contribution in [0, 0.1) is 0 Å². The maximum atomic E-state index is 6.34. The molecule has 10 aromatic carbocycles. The molecule has 0 atom stereocenters. The summed E-state index contributed by atoms with van der Waals surface area (Å²) in [5.41, 5.74) is 28.7. The van der Waals surface area contributed by atoms with E-state index >= 15 is 0 Å². The highest BCUT2D eigenvalue weighted by Gasteiger charge is 2.15. The van der Waals surface area contributed by atoms with Gasteiger partial charge in [0.15, 0.2) is 0 Å². The highest BCUT2D eigenvalue weighted by molar-refractivity contribution is 5.87. The molecule has 424 valence electrons. The molecule has 0 aliphatic carbocycles. The first-order chi connectivity index (χ1) is 44.0. The average Bonchev–Trinajstić information content (AvgIpc) is 3.72. The lowest BCUT2D eigenvalue weighted by molar-refractivity contribution is 0.307. The number of rotatable bonds is 18. The minimum Gasteiger partial charge on any atom is -0.494 e. The molecule has 4 heterocycles. The molecule has 0 fully saturated rings. The third-order valence-corrected chi connectivity index (χ3v) is 16.6. The average molecular weight is 1140 g/mol. The number of unbranched alkanes of at least 4 members (excludes halogenated alkanes) is 1. The van der Waals surface area contributed by atoms with Gasteiger partial charge in [-0.15, -0.1) is 0 Å². The summed E-state index contributed by atoms with van der Waals surface area (Å²) in [4.78, 5) is 17.6. The summed E-state index contributed by atoms with van der Waals surface area (Å²) in [6.07, 6.45) is 17.9. The molecule has 14 aromatic rings. The van der Waals surface area contributed by atoms with Gasteiger partial charge in [-0.2, -0.15) is 0 Å². The Balaban J connectivity index is 0.640. The maximum absolute atomic E-state index is 6.34. The molecule has 0 aliphatic heterocycles. The number of benzene rings is 10. The Morgan fingerprint density at radius 2 is 0.438 bits per heavy atom. The number of ether oxygens (including phenoxy) is 1. The molecule has 5 nitrogen and oxygen atoms in total. The van der Waals surface area contributed by atoms with Crippen molar-refractivity contribution < 1.29 is 4.74 Å². The molecule has 0 amide bonds. The van der Waals surface area contributed by atoms with E-state index in [4.69, 9.17) is 4.74 Å². The van der Waals surface area contributed by atoms with E-state index in [1.165, 1.54) is 16.7 Å². The largest absolute Gasteiger partial charge is 0.494 e. The molecular formula is C84H62N4O.